The molecule has 1 aliphatic rings. The first-order chi connectivity index (χ1) is 10.2. The van der Waals surface area contributed by atoms with Crippen molar-refractivity contribution < 1.29 is 9.18 Å². The molecule has 0 spiro atoms. The number of rotatable bonds is 5. The third-order valence-corrected chi connectivity index (χ3v) is 4.27. The molecule has 1 N–H and O–H groups in total. The van der Waals surface area contributed by atoms with Crippen LogP contribution in [0.25, 0.3) is 0 Å². The van der Waals surface area contributed by atoms with Crippen molar-refractivity contribution in [1.29, 1.82) is 0 Å². The summed E-state index contributed by atoms with van der Waals surface area (Å²) >= 11 is 1.45. The molecule has 108 valence electrons. The van der Waals surface area contributed by atoms with Crippen LogP contribution in [0.3, 0.4) is 0 Å². The van der Waals surface area contributed by atoms with Gasteiger partial charge in [0.15, 0.2) is 0 Å². The average Bonchev–Trinajstić information content (AvgIpc) is 3.29. The highest BCUT2D eigenvalue weighted by Gasteiger charge is 2.25. The quantitative estimate of drug-likeness (QED) is 0.861. The van der Waals surface area contributed by atoms with E-state index < -0.39 is 0 Å². The minimum absolute atomic E-state index is 0.0765. The largest absolute Gasteiger partial charge is 0.349 e. The first-order valence-electron chi connectivity index (χ1n) is 6.85. The van der Waals surface area contributed by atoms with Crippen molar-refractivity contribution in [2.45, 2.75) is 29.7 Å². The molecular formula is C16H15FN2OS. The monoisotopic (exact) mass is 302 g/mol. The molecule has 1 fully saturated rings. The Morgan fingerprint density at radius 3 is 2.95 bits per heavy atom. The Balaban J connectivity index is 1.71. The predicted octanol–water partition coefficient (Wildman–Crippen LogP) is 3.41. The summed E-state index contributed by atoms with van der Waals surface area (Å²) in [4.78, 5) is 16.4. The molecule has 1 heterocycles. The molecule has 1 amide bonds. The lowest BCUT2D eigenvalue weighted by Crippen LogP contribution is -2.26. The zero-order valence-electron chi connectivity index (χ0n) is 11.4. The van der Waals surface area contributed by atoms with Gasteiger partial charge >= 0.3 is 0 Å². The highest BCUT2D eigenvalue weighted by molar-refractivity contribution is 7.98. The maximum atomic E-state index is 13.2. The first kappa shape index (κ1) is 14.1. The van der Waals surface area contributed by atoms with Gasteiger partial charge in [-0.3, -0.25) is 4.79 Å². The molecule has 0 unspecified atom stereocenters. The molecule has 1 aromatic heterocycles. The number of carbonyl (C=O) groups is 1. The summed E-state index contributed by atoms with van der Waals surface area (Å²) in [6.45, 7) is 0. The molecule has 1 aromatic carbocycles. The van der Waals surface area contributed by atoms with E-state index in [1.54, 1.807) is 24.4 Å². The Morgan fingerprint density at radius 2 is 2.19 bits per heavy atom. The Kier molecular flexibility index (Phi) is 4.20. The lowest BCUT2D eigenvalue weighted by Gasteiger charge is -2.08. The molecule has 0 radical (unpaired) electrons. The normalized spacial score (nSPS) is 14.0. The summed E-state index contributed by atoms with van der Waals surface area (Å²) in [5.41, 5.74) is 1.46. The number of aromatic nitrogens is 1. The van der Waals surface area contributed by atoms with E-state index in [2.05, 4.69) is 10.3 Å². The van der Waals surface area contributed by atoms with Crippen molar-refractivity contribution in [3.05, 3.63) is 59.5 Å². The van der Waals surface area contributed by atoms with Crippen molar-refractivity contribution >= 4 is 17.7 Å². The van der Waals surface area contributed by atoms with Gasteiger partial charge in [-0.1, -0.05) is 12.1 Å². The molecule has 1 aliphatic carbocycles. The van der Waals surface area contributed by atoms with E-state index >= 15 is 0 Å². The van der Waals surface area contributed by atoms with Gasteiger partial charge in [-0.15, -0.1) is 11.8 Å². The van der Waals surface area contributed by atoms with E-state index in [1.807, 2.05) is 6.07 Å². The van der Waals surface area contributed by atoms with Gasteiger partial charge < -0.3 is 5.32 Å². The molecular weight excluding hydrogens is 287 g/mol. The van der Waals surface area contributed by atoms with Crippen LogP contribution < -0.4 is 5.32 Å². The smallest absolute Gasteiger partial charge is 0.254 e. The van der Waals surface area contributed by atoms with Gasteiger partial charge in [-0.25, -0.2) is 9.37 Å². The fourth-order valence-electron chi connectivity index (χ4n) is 1.95. The second kappa shape index (κ2) is 6.26. The van der Waals surface area contributed by atoms with Gasteiger partial charge in [-0.05, 0) is 42.7 Å². The van der Waals surface area contributed by atoms with Crippen LogP contribution in [-0.4, -0.2) is 16.9 Å². The van der Waals surface area contributed by atoms with Crippen molar-refractivity contribution in [3.8, 4) is 0 Å². The second-order valence-corrected chi connectivity index (χ2v) is 5.99. The van der Waals surface area contributed by atoms with Crippen LogP contribution >= 0.6 is 11.8 Å². The molecule has 0 atom stereocenters. The topological polar surface area (TPSA) is 42.0 Å². The number of hydrogen-bond donors (Lipinski definition) is 1. The highest BCUT2D eigenvalue weighted by atomic mass is 32.2. The number of benzene rings is 1. The molecule has 3 nitrogen and oxygen atoms in total. The Labute approximate surface area is 127 Å². The molecule has 21 heavy (non-hydrogen) atoms. The van der Waals surface area contributed by atoms with Gasteiger partial charge in [0.25, 0.3) is 5.91 Å². The third kappa shape index (κ3) is 3.82. The number of hydrogen-bond acceptors (Lipinski definition) is 3. The van der Waals surface area contributed by atoms with Gasteiger partial charge in [0, 0.05) is 18.0 Å². The molecule has 0 saturated heterocycles. The number of pyridine rings is 1. The van der Waals surface area contributed by atoms with E-state index in [9.17, 15) is 9.18 Å². The van der Waals surface area contributed by atoms with Crippen LogP contribution in [0.2, 0.25) is 0 Å². The van der Waals surface area contributed by atoms with Crippen LogP contribution in [0.5, 0.6) is 0 Å². The van der Waals surface area contributed by atoms with Gasteiger partial charge in [0.05, 0.1) is 5.56 Å². The number of amides is 1. The van der Waals surface area contributed by atoms with E-state index in [0.717, 1.165) is 18.4 Å². The van der Waals surface area contributed by atoms with Crippen molar-refractivity contribution in [1.82, 2.24) is 10.3 Å². The molecule has 0 aliphatic heterocycles. The number of thioether (sulfide) groups is 1. The van der Waals surface area contributed by atoms with Gasteiger partial charge in [-0.2, -0.15) is 0 Å². The van der Waals surface area contributed by atoms with Crippen LogP contribution in [0.15, 0.2) is 47.6 Å². The van der Waals surface area contributed by atoms with Crippen LogP contribution in [0.4, 0.5) is 4.39 Å². The summed E-state index contributed by atoms with van der Waals surface area (Å²) in [6, 6.07) is 10.3. The predicted molar refractivity (Wildman–Crippen MR) is 80.7 cm³/mol. The van der Waals surface area contributed by atoms with E-state index in [-0.39, 0.29) is 11.7 Å². The average molecular weight is 302 g/mol. The molecule has 5 heteroatoms. The number of halogens is 1. The minimum Gasteiger partial charge on any atom is -0.349 e. The standard InChI is InChI=1S/C16H15FN2OS/c17-12-4-1-3-11(9-12)10-21-16-14(5-2-8-18-16)15(20)19-13-6-7-13/h1-5,8-9,13H,6-7,10H2,(H,19,20). The zero-order chi connectivity index (χ0) is 14.7. The highest BCUT2D eigenvalue weighted by Crippen LogP contribution is 2.26. The summed E-state index contributed by atoms with van der Waals surface area (Å²) in [5, 5.41) is 3.65. The maximum absolute atomic E-state index is 13.2. The summed E-state index contributed by atoms with van der Waals surface area (Å²) in [7, 11) is 0. The van der Waals surface area contributed by atoms with E-state index in [1.165, 1.54) is 23.9 Å². The van der Waals surface area contributed by atoms with Crippen LogP contribution in [-0.2, 0) is 5.75 Å². The van der Waals surface area contributed by atoms with Gasteiger partial charge in [0.2, 0.25) is 0 Å². The zero-order valence-corrected chi connectivity index (χ0v) is 12.2. The number of nitrogens with one attached hydrogen (secondary N) is 1. The van der Waals surface area contributed by atoms with Gasteiger partial charge in [0.1, 0.15) is 10.8 Å². The SMILES string of the molecule is O=C(NC1CC1)c1cccnc1SCc1cccc(F)c1. The third-order valence-electron chi connectivity index (χ3n) is 3.19. The molecule has 2 aromatic rings. The fourth-order valence-corrected chi connectivity index (χ4v) is 2.88. The van der Waals surface area contributed by atoms with E-state index in [0.29, 0.717) is 22.4 Å². The molecule has 1 saturated carbocycles. The molecule has 0 bridgehead atoms. The first-order valence-corrected chi connectivity index (χ1v) is 7.84. The summed E-state index contributed by atoms with van der Waals surface area (Å²) < 4.78 is 13.2. The van der Waals surface area contributed by atoms with Crippen LogP contribution in [0.1, 0.15) is 28.8 Å². The Bertz CT molecular complexity index is 658. The van der Waals surface area contributed by atoms with Crippen molar-refractivity contribution in [2.24, 2.45) is 0 Å². The van der Waals surface area contributed by atoms with Crippen LogP contribution in [0, 0.1) is 5.82 Å². The summed E-state index contributed by atoms with van der Waals surface area (Å²) in [6.07, 6.45) is 3.78. The Hall–Kier alpha value is -1.88. The lowest BCUT2D eigenvalue weighted by molar-refractivity contribution is 0.0947. The Morgan fingerprint density at radius 1 is 1.33 bits per heavy atom. The van der Waals surface area contributed by atoms with E-state index in [4.69, 9.17) is 0 Å². The fraction of sp³-hybridized carbons (Fsp3) is 0.250. The molecule has 3 rings (SSSR count). The van der Waals surface area contributed by atoms with Crippen molar-refractivity contribution in [3.63, 3.8) is 0 Å². The number of nitrogens with zero attached hydrogens (tertiary/aromatic N) is 1. The lowest BCUT2D eigenvalue weighted by atomic mass is 10.2. The maximum Gasteiger partial charge on any atom is 0.254 e. The number of carbonyl (C=O) groups excluding carboxylic acids is 1. The minimum atomic E-state index is -0.249. The summed E-state index contributed by atoms with van der Waals surface area (Å²) in [5.74, 6) is 0.256. The second-order valence-electron chi connectivity index (χ2n) is 5.02. The van der Waals surface area contributed by atoms with Crippen molar-refractivity contribution in [2.75, 3.05) is 0 Å².